The van der Waals surface area contributed by atoms with Gasteiger partial charge in [-0.15, -0.1) is 0 Å². The number of benzene rings is 2. The molecule has 3 aromatic rings. The molecule has 30 heavy (non-hydrogen) atoms. The van der Waals surface area contributed by atoms with Crippen molar-refractivity contribution in [1.82, 2.24) is 15.4 Å². The van der Waals surface area contributed by atoms with E-state index in [1.807, 2.05) is 42.5 Å². The Morgan fingerprint density at radius 1 is 1.10 bits per heavy atom. The predicted molar refractivity (Wildman–Crippen MR) is 115 cm³/mol. The minimum Gasteiger partial charge on any atom is -0.497 e. The van der Waals surface area contributed by atoms with Crippen molar-refractivity contribution in [2.45, 2.75) is 25.3 Å². The van der Waals surface area contributed by atoms with E-state index in [1.165, 1.54) is 24.8 Å². The van der Waals surface area contributed by atoms with E-state index in [0.717, 1.165) is 24.4 Å². The van der Waals surface area contributed by atoms with Crippen LogP contribution >= 0.6 is 0 Å². The van der Waals surface area contributed by atoms with Crippen LogP contribution in [0.25, 0.3) is 11.3 Å². The van der Waals surface area contributed by atoms with Crippen molar-refractivity contribution in [3.63, 3.8) is 0 Å². The molecule has 2 heterocycles. The zero-order chi connectivity index (χ0) is 20.8. The quantitative estimate of drug-likeness (QED) is 0.635. The Kier molecular flexibility index (Phi) is 6.44. The molecular weight excluding hydrogens is 378 g/mol. The Balaban J connectivity index is 1.46. The molecule has 1 aliphatic rings. The normalized spacial score (nSPS) is 15.5. The van der Waals surface area contributed by atoms with Gasteiger partial charge in [-0.05, 0) is 43.6 Å². The van der Waals surface area contributed by atoms with E-state index >= 15 is 0 Å². The lowest BCUT2D eigenvalue weighted by Gasteiger charge is -2.35. The van der Waals surface area contributed by atoms with Gasteiger partial charge in [-0.3, -0.25) is 9.69 Å². The Morgan fingerprint density at radius 2 is 1.83 bits per heavy atom. The molecule has 1 atom stereocenters. The molecule has 2 aromatic carbocycles. The van der Waals surface area contributed by atoms with Gasteiger partial charge >= 0.3 is 0 Å². The number of nitrogens with one attached hydrogen (secondary N) is 1. The summed E-state index contributed by atoms with van der Waals surface area (Å²) in [4.78, 5) is 15.2. The van der Waals surface area contributed by atoms with Crippen molar-refractivity contribution in [1.29, 1.82) is 0 Å². The van der Waals surface area contributed by atoms with Gasteiger partial charge in [0.1, 0.15) is 5.75 Å². The minimum atomic E-state index is -0.226. The molecule has 0 aliphatic carbocycles. The summed E-state index contributed by atoms with van der Waals surface area (Å²) in [5.41, 5.74) is 2.36. The Morgan fingerprint density at radius 3 is 2.53 bits per heavy atom. The van der Waals surface area contributed by atoms with Gasteiger partial charge in [-0.2, -0.15) is 0 Å². The van der Waals surface area contributed by atoms with Crippen molar-refractivity contribution in [3.05, 3.63) is 71.9 Å². The summed E-state index contributed by atoms with van der Waals surface area (Å²) in [6.07, 6.45) is 3.63. The molecule has 1 fully saturated rings. The first kappa shape index (κ1) is 20.2. The molecular formula is C24H27N3O3. The predicted octanol–water partition coefficient (Wildman–Crippen LogP) is 4.31. The van der Waals surface area contributed by atoms with Crippen molar-refractivity contribution in [2.75, 3.05) is 26.7 Å². The number of carbonyl (C=O) groups is 1. The molecule has 0 bridgehead atoms. The van der Waals surface area contributed by atoms with E-state index in [0.29, 0.717) is 18.0 Å². The Labute approximate surface area is 176 Å². The summed E-state index contributed by atoms with van der Waals surface area (Å²) in [6.45, 7) is 2.59. The number of rotatable bonds is 7. The largest absolute Gasteiger partial charge is 0.497 e. The van der Waals surface area contributed by atoms with Gasteiger partial charge in [0.05, 0.1) is 13.2 Å². The number of piperidine rings is 1. The first-order chi connectivity index (χ1) is 14.7. The topological polar surface area (TPSA) is 67.6 Å². The fraction of sp³-hybridized carbons (Fsp3) is 0.333. The first-order valence-electron chi connectivity index (χ1n) is 10.4. The van der Waals surface area contributed by atoms with Crippen LogP contribution in [0.2, 0.25) is 0 Å². The summed E-state index contributed by atoms with van der Waals surface area (Å²) < 4.78 is 10.7. The summed E-state index contributed by atoms with van der Waals surface area (Å²) in [5.74, 6) is 1.19. The van der Waals surface area contributed by atoms with Crippen molar-refractivity contribution < 1.29 is 14.1 Å². The highest BCUT2D eigenvalue weighted by Gasteiger charge is 2.24. The average Bonchev–Trinajstić information content (AvgIpc) is 3.31. The number of hydrogen-bond acceptors (Lipinski definition) is 5. The number of carbonyl (C=O) groups excluding carboxylic acids is 1. The summed E-state index contributed by atoms with van der Waals surface area (Å²) >= 11 is 0. The molecule has 6 heteroatoms. The second kappa shape index (κ2) is 9.59. The molecule has 1 amide bonds. The van der Waals surface area contributed by atoms with Crippen molar-refractivity contribution in [2.24, 2.45) is 0 Å². The van der Waals surface area contributed by atoms with Crippen LogP contribution in [0.15, 0.2) is 65.2 Å². The van der Waals surface area contributed by atoms with E-state index in [4.69, 9.17) is 9.26 Å². The van der Waals surface area contributed by atoms with Crippen LogP contribution < -0.4 is 10.1 Å². The Hall–Kier alpha value is -3.12. The number of likely N-dealkylation sites (tertiary alicyclic amines) is 1. The van der Waals surface area contributed by atoms with E-state index < -0.39 is 0 Å². The highest BCUT2D eigenvalue weighted by Crippen LogP contribution is 2.26. The molecule has 0 radical (unpaired) electrons. The number of amides is 1. The fourth-order valence-electron chi connectivity index (χ4n) is 3.91. The van der Waals surface area contributed by atoms with E-state index in [-0.39, 0.29) is 11.9 Å². The highest BCUT2D eigenvalue weighted by molar-refractivity contribution is 5.93. The molecule has 6 nitrogen and oxygen atoms in total. The zero-order valence-electron chi connectivity index (χ0n) is 17.2. The number of ether oxygens (including phenoxy) is 1. The minimum absolute atomic E-state index is 0.112. The third-order valence-electron chi connectivity index (χ3n) is 5.59. The van der Waals surface area contributed by atoms with Gasteiger partial charge in [0, 0.05) is 18.2 Å². The smallest absolute Gasteiger partial charge is 0.273 e. The van der Waals surface area contributed by atoms with Gasteiger partial charge in [-0.25, -0.2) is 0 Å². The first-order valence-corrected chi connectivity index (χ1v) is 10.4. The zero-order valence-corrected chi connectivity index (χ0v) is 17.2. The van der Waals surface area contributed by atoms with E-state index in [1.54, 1.807) is 13.2 Å². The van der Waals surface area contributed by atoms with Crippen LogP contribution in [0.1, 0.15) is 41.4 Å². The molecule has 156 valence electrons. The van der Waals surface area contributed by atoms with E-state index in [9.17, 15) is 4.79 Å². The third-order valence-corrected chi connectivity index (χ3v) is 5.59. The van der Waals surface area contributed by atoms with Crippen LogP contribution in [-0.4, -0.2) is 42.7 Å². The van der Waals surface area contributed by atoms with Crippen molar-refractivity contribution in [3.8, 4) is 17.1 Å². The summed E-state index contributed by atoms with van der Waals surface area (Å²) in [5, 5.41) is 7.02. The van der Waals surface area contributed by atoms with Crippen molar-refractivity contribution >= 4 is 5.91 Å². The molecule has 1 N–H and O–H groups in total. The maximum Gasteiger partial charge on any atom is 0.273 e. The Bertz CT molecular complexity index is 947. The summed E-state index contributed by atoms with van der Waals surface area (Å²) in [7, 11) is 1.67. The lowest BCUT2D eigenvalue weighted by atomic mass is 10.0. The van der Waals surface area contributed by atoms with Crippen LogP contribution in [0.3, 0.4) is 0 Å². The van der Waals surface area contributed by atoms with Gasteiger partial charge in [-0.1, -0.05) is 54.0 Å². The monoisotopic (exact) mass is 405 g/mol. The molecule has 1 aromatic heterocycles. The molecule has 1 aliphatic heterocycles. The van der Waals surface area contributed by atoms with Crippen LogP contribution in [0.4, 0.5) is 0 Å². The standard InChI is InChI=1S/C24H27N3O3/c1-29-20-12-10-18(11-13-20)22(27-14-6-3-7-15-27)17-25-24(28)21-16-23(30-26-21)19-8-4-2-5-9-19/h2,4-5,8-13,16,22H,3,6-7,14-15,17H2,1H3,(H,25,28)/t22-/m1/s1. The van der Waals surface area contributed by atoms with Gasteiger partial charge in [0.2, 0.25) is 0 Å². The fourth-order valence-corrected chi connectivity index (χ4v) is 3.91. The maximum atomic E-state index is 12.7. The van der Waals surface area contributed by atoms with E-state index in [2.05, 4.69) is 27.5 Å². The molecule has 0 unspecified atom stereocenters. The van der Waals surface area contributed by atoms with Gasteiger partial charge in [0.15, 0.2) is 11.5 Å². The third kappa shape index (κ3) is 4.71. The van der Waals surface area contributed by atoms with Crippen LogP contribution in [0, 0.1) is 0 Å². The number of hydrogen-bond donors (Lipinski definition) is 1. The van der Waals surface area contributed by atoms with Crippen LogP contribution in [-0.2, 0) is 0 Å². The molecule has 0 spiro atoms. The van der Waals surface area contributed by atoms with Gasteiger partial charge in [0.25, 0.3) is 5.91 Å². The highest BCUT2D eigenvalue weighted by atomic mass is 16.5. The van der Waals surface area contributed by atoms with Gasteiger partial charge < -0.3 is 14.6 Å². The van der Waals surface area contributed by atoms with Crippen LogP contribution in [0.5, 0.6) is 5.75 Å². The molecule has 0 saturated carbocycles. The SMILES string of the molecule is COc1ccc([C@@H](CNC(=O)c2cc(-c3ccccc3)on2)N2CCCCC2)cc1. The second-order valence-electron chi connectivity index (χ2n) is 7.54. The average molecular weight is 405 g/mol. The molecule has 1 saturated heterocycles. The lowest BCUT2D eigenvalue weighted by molar-refractivity contribution is 0.0915. The lowest BCUT2D eigenvalue weighted by Crippen LogP contribution is -2.40. The summed E-state index contributed by atoms with van der Waals surface area (Å²) in [6, 6.07) is 19.5. The number of methoxy groups -OCH3 is 1. The molecule has 4 rings (SSSR count). The number of aromatic nitrogens is 1. The second-order valence-corrected chi connectivity index (χ2v) is 7.54. The number of nitrogens with zero attached hydrogens (tertiary/aromatic N) is 2. The maximum absolute atomic E-state index is 12.7.